The lowest BCUT2D eigenvalue weighted by molar-refractivity contribution is 1.19. The average Bonchev–Trinajstić information content (AvgIpc) is 2.06. The monoisotopic (exact) mass is 188 g/mol. The maximum absolute atomic E-state index is 5.26. The summed E-state index contributed by atoms with van der Waals surface area (Å²) in [5, 5.41) is 0. The second-order valence-corrected chi connectivity index (χ2v) is 3.02. The molecular weight excluding hydrogens is 180 g/mol. The Morgan fingerprint density at radius 2 is 2.27 bits per heavy atom. The highest BCUT2D eigenvalue weighted by Crippen LogP contribution is 2.18. The van der Waals surface area contributed by atoms with Crippen LogP contribution >= 0.6 is 23.5 Å². The highest BCUT2D eigenvalue weighted by atomic mass is 35.5. The Hall–Kier alpha value is -0.380. The van der Waals surface area contributed by atoms with Crippen LogP contribution in [-0.2, 0) is 0 Å². The highest BCUT2D eigenvalue weighted by molar-refractivity contribution is 7.98. The molecule has 0 spiro atoms. The second-order valence-electron chi connectivity index (χ2n) is 1.95. The Morgan fingerprint density at radius 3 is 2.91 bits per heavy atom. The number of thioether (sulfide) groups is 1. The zero-order valence-electron chi connectivity index (χ0n) is 6.10. The van der Waals surface area contributed by atoms with Crippen molar-refractivity contribution >= 4 is 29.2 Å². The van der Waals surface area contributed by atoms with Gasteiger partial charge in [0.2, 0.25) is 0 Å². The lowest BCUT2D eigenvalue weighted by atomic mass is 10.3. The van der Waals surface area contributed by atoms with E-state index in [0.29, 0.717) is 0 Å². The molecule has 1 rings (SSSR count). The average molecular weight is 189 g/mol. The van der Waals surface area contributed by atoms with Crippen LogP contribution in [0.4, 0.5) is 5.69 Å². The van der Waals surface area contributed by atoms with Crippen LogP contribution in [0.2, 0.25) is 0 Å². The van der Waals surface area contributed by atoms with E-state index in [1.54, 1.807) is 11.8 Å². The molecule has 0 unspecified atom stereocenters. The van der Waals surface area contributed by atoms with Gasteiger partial charge in [-0.05, 0) is 36.2 Å². The zero-order chi connectivity index (χ0) is 8.10. The minimum Gasteiger partial charge on any atom is -0.308 e. The molecule has 0 fully saturated rings. The molecule has 0 atom stereocenters. The van der Waals surface area contributed by atoms with E-state index in [-0.39, 0.29) is 0 Å². The van der Waals surface area contributed by atoms with E-state index in [1.807, 2.05) is 30.5 Å². The number of nitrogens with one attached hydrogen (secondary N) is 2. The number of benzene rings is 1. The van der Waals surface area contributed by atoms with Crippen molar-refractivity contribution in [1.82, 2.24) is 4.94 Å². The molecule has 60 valence electrons. The van der Waals surface area contributed by atoms with E-state index < -0.39 is 0 Å². The molecule has 0 aromatic heterocycles. The van der Waals surface area contributed by atoms with Gasteiger partial charge >= 0.3 is 0 Å². The van der Waals surface area contributed by atoms with Crippen LogP contribution in [0.1, 0.15) is 0 Å². The molecule has 0 saturated heterocycles. The molecule has 1 aromatic carbocycles. The summed E-state index contributed by atoms with van der Waals surface area (Å²) in [6.07, 6.45) is 2.03. The third-order valence-electron chi connectivity index (χ3n) is 1.26. The van der Waals surface area contributed by atoms with Crippen molar-refractivity contribution in [3.05, 3.63) is 24.3 Å². The van der Waals surface area contributed by atoms with E-state index in [0.717, 1.165) is 5.69 Å². The van der Waals surface area contributed by atoms with Crippen LogP contribution in [0.25, 0.3) is 0 Å². The largest absolute Gasteiger partial charge is 0.308 e. The molecule has 11 heavy (non-hydrogen) atoms. The second kappa shape index (κ2) is 4.49. The molecule has 1 aromatic rings. The van der Waals surface area contributed by atoms with Crippen molar-refractivity contribution in [3.63, 3.8) is 0 Å². The fraction of sp³-hybridized carbons (Fsp3) is 0.143. The lowest BCUT2D eigenvalue weighted by Gasteiger charge is -2.02. The summed E-state index contributed by atoms with van der Waals surface area (Å²) >= 11 is 6.96. The molecule has 4 heteroatoms. The first-order valence-electron chi connectivity index (χ1n) is 3.12. The third-order valence-corrected chi connectivity index (χ3v) is 2.08. The van der Waals surface area contributed by atoms with Gasteiger partial charge in [-0.15, -0.1) is 16.7 Å². The van der Waals surface area contributed by atoms with Gasteiger partial charge in [0.25, 0.3) is 0 Å². The van der Waals surface area contributed by atoms with Crippen LogP contribution in [0.15, 0.2) is 29.2 Å². The molecule has 0 radical (unpaired) electrons. The van der Waals surface area contributed by atoms with Crippen LogP contribution < -0.4 is 10.4 Å². The summed E-state index contributed by atoms with van der Waals surface area (Å²) in [4.78, 5) is 3.56. The predicted octanol–water partition coefficient (Wildman–Crippen LogP) is 2.48. The van der Waals surface area contributed by atoms with Crippen molar-refractivity contribution in [2.75, 3.05) is 11.7 Å². The molecule has 2 nitrogen and oxygen atoms in total. The first kappa shape index (κ1) is 8.71. The quantitative estimate of drug-likeness (QED) is 0.433. The van der Waals surface area contributed by atoms with E-state index in [4.69, 9.17) is 11.8 Å². The summed E-state index contributed by atoms with van der Waals surface area (Å²) in [7, 11) is 0. The molecule has 0 amide bonds. The maximum atomic E-state index is 5.26. The van der Waals surface area contributed by atoms with Gasteiger partial charge in [-0.3, -0.25) is 0 Å². The Bertz CT molecular complexity index is 229. The summed E-state index contributed by atoms with van der Waals surface area (Å²) < 4.78 is 0. The van der Waals surface area contributed by atoms with Gasteiger partial charge in [0.1, 0.15) is 0 Å². The molecule has 0 saturated carbocycles. The molecule has 0 aliphatic rings. The normalized spacial score (nSPS) is 9.64. The van der Waals surface area contributed by atoms with Crippen molar-refractivity contribution in [3.8, 4) is 0 Å². The van der Waals surface area contributed by atoms with Crippen LogP contribution in [0.5, 0.6) is 0 Å². The first-order chi connectivity index (χ1) is 5.36. The molecule has 0 aliphatic heterocycles. The number of hydrazine groups is 1. The lowest BCUT2D eigenvalue weighted by Crippen LogP contribution is -2.08. The zero-order valence-corrected chi connectivity index (χ0v) is 7.67. The first-order valence-corrected chi connectivity index (χ1v) is 4.73. The van der Waals surface area contributed by atoms with Crippen LogP contribution in [0.3, 0.4) is 0 Å². The van der Waals surface area contributed by atoms with Gasteiger partial charge in [0.05, 0.1) is 5.69 Å². The Balaban J connectivity index is 2.74. The number of halogens is 1. The van der Waals surface area contributed by atoms with E-state index in [9.17, 15) is 0 Å². The van der Waals surface area contributed by atoms with Crippen molar-refractivity contribution in [2.45, 2.75) is 4.90 Å². The number of hydrogen-bond acceptors (Lipinski definition) is 3. The van der Waals surface area contributed by atoms with Gasteiger partial charge in [-0.2, -0.15) is 0 Å². The topological polar surface area (TPSA) is 24.1 Å². The predicted molar refractivity (Wildman–Crippen MR) is 50.8 cm³/mol. The number of hydrogen-bond donors (Lipinski definition) is 2. The fourth-order valence-corrected chi connectivity index (χ4v) is 1.32. The Labute approximate surface area is 75.4 Å². The van der Waals surface area contributed by atoms with E-state index in [1.165, 1.54) is 4.90 Å². The SMILES string of the molecule is CSc1cccc(NNCl)c1. The molecular formula is C7H9ClN2S. The maximum Gasteiger partial charge on any atom is 0.0511 e. The molecule has 0 aliphatic carbocycles. The summed E-state index contributed by atoms with van der Waals surface area (Å²) in [6.45, 7) is 0. The van der Waals surface area contributed by atoms with Crippen molar-refractivity contribution < 1.29 is 0 Å². The van der Waals surface area contributed by atoms with Crippen LogP contribution in [-0.4, -0.2) is 6.26 Å². The van der Waals surface area contributed by atoms with Crippen LogP contribution in [0, 0.1) is 0 Å². The van der Waals surface area contributed by atoms with E-state index >= 15 is 0 Å². The highest BCUT2D eigenvalue weighted by Gasteiger charge is 1.91. The van der Waals surface area contributed by atoms with Gasteiger partial charge in [-0.25, -0.2) is 0 Å². The number of anilines is 1. The molecule has 2 N–H and O–H groups in total. The fourth-order valence-electron chi connectivity index (χ4n) is 0.755. The van der Waals surface area contributed by atoms with E-state index in [2.05, 4.69) is 10.4 Å². The minimum absolute atomic E-state index is 0.965. The van der Waals surface area contributed by atoms with Gasteiger partial charge < -0.3 is 5.43 Å². The molecule has 0 bridgehead atoms. The summed E-state index contributed by atoms with van der Waals surface area (Å²) in [5.41, 5.74) is 3.75. The molecule has 0 heterocycles. The minimum atomic E-state index is 0.965. The van der Waals surface area contributed by atoms with Crippen molar-refractivity contribution in [1.29, 1.82) is 0 Å². The summed E-state index contributed by atoms with van der Waals surface area (Å²) in [5.74, 6) is 0. The third kappa shape index (κ3) is 2.61. The number of rotatable bonds is 3. The summed E-state index contributed by atoms with van der Waals surface area (Å²) in [6, 6.07) is 7.97. The smallest absolute Gasteiger partial charge is 0.0511 e. The standard InChI is InChI=1S/C7H9ClN2S/c1-11-7-4-2-3-6(5-7)9-10-8/h2-5,9-10H,1H3. The van der Waals surface area contributed by atoms with Gasteiger partial charge in [0.15, 0.2) is 0 Å². The van der Waals surface area contributed by atoms with Crippen molar-refractivity contribution in [2.24, 2.45) is 0 Å². The Morgan fingerprint density at radius 1 is 1.45 bits per heavy atom. The Kier molecular flexibility index (Phi) is 3.56. The van der Waals surface area contributed by atoms with Gasteiger partial charge in [0, 0.05) is 4.90 Å². The van der Waals surface area contributed by atoms with Gasteiger partial charge in [-0.1, -0.05) is 6.07 Å².